The Hall–Kier alpha value is -1.56. The number of hydrogen-bond donors (Lipinski definition) is 0. The Labute approximate surface area is 181 Å². The lowest BCUT2D eigenvalue weighted by Crippen LogP contribution is -2.24. The lowest BCUT2D eigenvalue weighted by Gasteiger charge is -2.36. The van der Waals surface area contributed by atoms with Crippen molar-refractivity contribution in [2.75, 3.05) is 0 Å². The van der Waals surface area contributed by atoms with E-state index in [1.165, 1.54) is 38.9 Å². The van der Waals surface area contributed by atoms with Crippen LogP contribution in [-0.2, 0) is 21.7 Å². The molecule has 0 saturated heterocycles. The van der Waals surface area contributed by atoms with Gasteiger partial charge >= 0.3 is 0 Å². The predicted octanol–water partition coefficient (Wildman–Crippen LogP) is 8.85. The van der Waals surface area contributed by atoms with Gasteiger partial charge in [-0.25, -0.2) is 0 Å². The van der Waals surface area contributed by atoms with E-state index < -0.39 is 0 Å². The standard InChI is InChI=1S/C29H44/c1-19-17-22(28(8,9)10)25(23(18-19)29(11,12)13)24-20(26(2,3)4)15-14-16-21(24)27(5,6)7/h14-18H,1-13H3. The van der Waals surface area contributed by atoms with Gasteiger partial charge in [0.25, 0.3) is 0 Å². The van der Waals surface area contributed by atoms with Crippen LogP contribution in [0.2, 0.25) is 0 Å². The smallest absolute Gasteiger partial charge is 0.0103 e. The minimum Gasteiger partial charge on any atom is -0.0616 e. The highest BCUT2D eigenvalue weighted by Crippen LogP contribution is 2.48. The quantitative estimate of drug-likeness (QED) is 0.454. The predicted molar refractivity (Wildman–Crippen MR) is 131 cm³/mol. The van der Waals surface area contributed by atoms with E-state index in [4.69, 9.17) is 0 Å². The second-order valence-corrected chi connectivity index (χ2v) is 13.0. The van der Waals surface area contributed by atoms with Crippen molar-refractivity contribution < 1.29 is 0 Å². The number of aryl methyl sites for hydroxylation is 1. The molecule has 0 amide bonds. The van der Waals surface area contributed by atoms with Crippen molar-refractivity contribution >= 4 is 0 Å². The first-order valence-corrected chi connectivity index (χ1v) is 11.1. The molecule has 0 unspecified atom stereocenters. The van der Waals surface area contributed by atoms with Crippen molar-refractivity contribution in [3.05, 3.63) is 58.1 Å². The van der Waals surface area contributed by atoms with E-state index in [-0.39, 0.29) is 21.7 Å². The second kappa shape index (κ2) is 7.29. The first-order valence-electron chi connectivity index (χ1n) is 11.1. The van der Waals surface area contributed by atoms with Gasteiger partial charge in [0, 0.05) is 0 Å². The third-order valence-electron chi connectivity index (χ3n) is 5.83. The van der Waals surface area contributed by atoms with Crippen LogP contribution in [-0.4, -0.2) is 0 Å². The van der Waals surface area contributed by atoms with Crippen LogP contribution in [0.5, 0.6) is 0 Å². The molecule has 0 aliphatic rings. The van der Waals surface area contributed by atoms with E-state index in [2.05, 4.69) is 120 Å². The summed E-state index contributed by atoms with van der Waals surface area (Å²) in [6.45, 7) is 30.5. The maximum atomic E-state index is 2.43. The number of rotatable bonds is 1. The molecule has 0 aliphatic heterocycles. The van der Waals surface area contributed by atoms with Gasteiger partial charge in [-0.3, -0.25) is 0 Å². The highest BCUT2D eigenvalue weighted by atomic mass is 14.4. The average Bonchev–Trinajstić information content (AvgIpc) is 2.50. The molecule has 0 atom stereocenters. The average molecular weight is 393 g/mol. The van der Waals surface area contributed by atoms with Gasteiger partial charge in [-0.2, -0.15) is 0 Å². The zero-order valence-electron chi connectivity index (χ0n) is 21.4. The first kappa shape index (κ1) is 23.7. The summed E-state index contributed by atoms with van der Waals surface area (Å²) < 4.78 is 0. The molecule has 0 N–H and O–H groups in total. The molecule has 2 aromatic rings. The van der Waals surface area contributed by atoms with E-state index in [0.717, 1.165) is 0 Å². The van der Waals surface area contributed by atoms with Crippen molar-refractivity contribution in [1.82, 2.24) is 0 Å². The second-order valence-electron chi connectivity index (χ2n) is 13.0. The zero-order chi connectivity index (χ0) is 22.6. The fourth-order valence-corrected chi connectivity index (χ4v) is 4.31. The van der Waals surface area contributed by atoms with Gasteiger partial charge < -0.3 is 0 Å². The highest BCUT2D eigenvalue weighted by Gasteiger charge is 2.33. The van der Waals surface area contributed by atoms with E-state index in [1.807, 2.05) is 0 Å². The molecule has 0 spiro atoms. The molecule has 0 nitrogen and oxygen atoms in total. The zero-order valence-corrected chi connectivity index (χ0v) is 21.4. The summed E-state index contributed by atoms with van der Waals surface area (Å²) in [6.07, 6.45) is 0. The summed E-state index contributed by atoms with van der Waals surface area (Å²) in [5, 5.41) is 0. The number of hydrogen-bond acceptors (Lipinski definition) is 0. The Morgan fingerprint density at radius 3 is 1.00 bits per heavy atom. The van der Waals surface area contributed by atoms with Crippen LogP contribution in [0.4, 0.5) is 0 Å². The maximum absolute atomic E-state index is 2.43. The normalized spacial score (nSPS) is 13.7. The molecule has 0 aliphatic carbocycles. The summed E-state index contributed by atoms with van der Waals surface area (Å²) >= 11 is 0. The fourth-order valence-electron chi connectivity index (χ4n) is 4.31. The monoisotopic (exact) mass is 392 g/mol. The van der Waals surface area contributed by atoms with Crippen LogP contribution in [0.15, 0.2) is 30.3 Å². The van der Waals surface area contributed by atoms with Crippen molar-refractivity contribution in [3.8, 4) is 11.1 Å². The Bertz CT molecular complexity index is 814. The van der Waals surface area contributed by atoms with E-state index in [0.29, 0.717) is 0 Å². The molecule has 2 rings (SSSR count). The van der Waals surface area contributed by atoms with Crippen LogP contribution in [0.3, 0.4) is 0 Å². The molecular formula is C29H44. The minimum atomic E-state index is 0.0709. The lowest BCUT2D eigenvalue weighted by molar-refractivity contribution is 0.558. The lowest BCUT2D eigenvalue weighted by atomic mass is 9.67. The van der Waals surface area contributed by atoms with Gasteiger partial charge in [-0.1, -0.05) is 119 Å². The van der Waals surface area contributed by atoms with Crippen LogP contribution in [0.25, 0.3) is 11.1 Å². The van der Waals surface area contributed by atoms with Crippen molar-refractivity contribution in [2.24, 2.45) is 0 Å². The molecule has 0 heteroatoms. The molecule has 0 bridgehead atoms. The summed E-state index contributed by atoms with van der Waals surface area (Å²) in [5.74, 6) is 0. The topological polar surface area (TPSA) is 0 Å². The fraction of sp³-hybridized carbons (Fsp3) is 0.586. The Morgan fingerprint density at radius 2 is 0.724 bits per heavy atom. The number of benzene rings is 2. The van der Waals surface area contributed by atoms with Gasteiger partial charge in [0.05, 0.1) is 0 Å². The molecule has 0 heterocycles. The molecule has 0 fully saturated rings. The molecule has 2 aromatic carbocycles. The summed E-state index contributed by atoms with van der Waals surface area (Å²) in [7, 11) is 0. The van der Waals surface area contributed by atoms with E-state index in [1.54, 1.807) is 0 Å². The van der Waals surface area contributed by atoms with Crippen molar-refractivity contribution in [2.45, 2.75) is 112 Å². The van der Waals surface area contributed by atoms with Gasteiger partial charge in [0.1, 0.15) is 0 Å². The maximum Gasteiger partial charge on any atom is -0.0103 e. The van der Waals surface area contributed by atoms with Gasteiger partial charge in [0.15, 0.2) is 0 Å². The molecule has 29 heavy (non-hydrogen) atoms. The first-order chi connectivity index (χ1) is 12.8. The van der Waals surface area contributed by atoms with Gasteiger partial charge in [-0.05, 0) is 62.0 Å². The van der Waals surface area contributed by atoms with Crippen molar-refractivity contribution in [3.63, 3.8) is 0 Å². The highest BCUT2D eigenvalue weighted by molar-refractivity contribution is 5.81. The van der Waals surface area contributed by atoms with Gasteiger partial charge in [-0.15, -0.1) is 0 Å². The Morgan fingerprint density at radius 1 is 0.448 bits per heavy atom. The largest absolute Gasteiger partial charge is 0.0616 e. The van der Waals surface area contributed by atoms with Crippen molar-refractivity contribution in [1.29, 1.82) is 0 Å². The van der Waals surface area contributed by atoms with Crippen LogP contribution in [0.1, 0.15) is 111 Å². The van der Waals surface area contributed by atoms with Crippen LogP contribution in [0, 0.1) is 6.92 Å². The van der Waals surface area contributed by atoms with E-state index in [9.17, 15) is 0 Å². The Balaban J connectivity index is 3.21. The third kappa shape index (κ3) is 4.96. The molecule has 160 valence electrons. The molecular weight excluding hydrogens is 348 g/mol. The van der Waals surface area contributed by atoms with Gasteiger partial charge in [0.2, 0.25) is 0 Å². The van der Waals surface area contributed by atoms with Crippen LogP contribution >= 0.6 is 0 Å². The minimum absolute atomic E-state index is 0.0709. The summed E-state index contributed by atoms with van der Waals surface area (Å²) in [4.78, 5) is 0. The third-order valence-corrected chi connectivity index (χ3v) is 5.83. The summed E-state index contributed by atoms with van der Waals surface area (Å²) in [6, 6.07) is 11.8. The van der Waals surface area contributed by atoms with Crippen LogP contribution < -0.4 is 0 Å². The molecule has 0 aromatic heterocycles. The van der Waals surface area contributed by atoms with E-state index >= 15 is 0 Å². The molecule has 0 radical (unpaired) electrons. The summed E-state index contributed by atoms with van der Waals surface area (Å²) in [5.41, 5.74) is 10.4. The SMILES string of the molecule is Cc1cc(C(C)(C)C)c(-c2c(C(C)(C)C)cccc2C(C)(C)C)c(C(C)(C)C)c1. The Kier molecular flexibility index (Phi) is 5.96. The molecule has 0 saturated carbocycles.